The van der Waals surface area contributed by atoms with E-state index in [0.29, 0.717) is 11.8 Å². The number of aromatic nitrogens is 1. The van der Waals surface area contributed by atoms with Gasteiger partial charge in [0.15, 0.2) is 0 Å². The Kier molecular flexibility index (Phi) is 2.55. The highest BCUT2D eigenvalue weighted by Gasteiger charge is 2.27. The van der Waals surface area contributed by atoms with Crippen molar-refractivity contribution in [2.45, 2.75) is 26.7 Å². The molecular formula is C12H17NO. The van der Waals surface area contributed by atoms with Gasteiger partial charge in [-0.1, -0.05) is 13.0 Å². The van der Waals surface area contributed by atoms with E-state index in [4.69, 9.17) is 4.74 Å². The smallest absolute Gasteiger partial charge is 0.0538 e. The molecule has 2 atom stereocenters. The minimum Gasteiger partial charge on any atom is -0.381 e. The molecule has 2 heterocycles. The summed E-state index contributed by atoms with van der Waals surface area (Å²) >= 11 is 0. The third-order valence-electron chi connectivity index (χ3n) is 3.03. The zero-order chi connectivity index (χ0) is 10.1. The zero-order valence-corrected chi connectivity index (χ0v) is 9.08. The van der Waals surface area contributed by atoms with Crippen LogP contribution in [-0.2, 0) is 4.74 Å². The molecule has 2 rings (SSSR count). The molecule has 1 aromatic heterocycles. The second-order valence-corrected chi connectivity index (χ2v) is 4.31. The van der Waals surface area contributed by atoms with Crippen molar-refractivity contribution in [3.8, 4) is 0 Å². The summed E-state index contributed by atoms with van der Waals surface area (Å²) in [5.41, 5.74) is 3.76. The molecule has 0 saturated carbocycles. The molecule has 76 valence electrons. The van der Waals surface area contributed by atoms with Crippen LogP contribution >= 0.6 is 0 Å². The fraction of sp³-hybridized carbons (Fsp3) is 0.583. The summed E-state index contributed by atoms with van der Waals surface area (Å²) in [4.78, 5) is 4.40. The fourth-order valence-corrected chi connectivity index (χ4v) is 2.09. The van der Waals surface area contributed by atoms with Crippen LogP contribution < -0.4 is 0 Å². The minimum atomic E-state index is 0.544. The summed E-state index contributed by atoms with van der Waals surface area (Å²) in [6.45, 7) is 8.17. The average molecular weight is 191 g/mol. The summed E-state index contributed by atoms with van der Waals surface area (Å²) in [7, 11) is 0. The Morgan fingerprint density at radius 3 is 2.79 bits per heavy atom. The molecule has 1 unspecified atom stereocenters. The van der Waals surface area contributed by atoms with Gasteiger partial charge in [-0.05, 0) is 30.9 Å². The van der Waals surface area contributed by atoms with Crippen molar-refractivity contribution in [2.24, 2.45) is 5.92 Å². The van der Waals surface area contributed by atoms with Gasteiger partial charge in [0.2, 0.25) is 0 Å². The molecule has 14 heavy (non-hydrogen) atoms. The van der Waals surface area contributed by atoms with E-state index in [9.17, 15) is 0 Å². The number of nitrogens with zero attached hydrogens (tertiary/aromatic N) is 1. The number of aryl methyl sites for hydroxylation is 2. The van der Waals surface area contributed by atoms with Gasteiger partial charge in [0.1, 0.15) is 0 Å². The Labute approximate surface area is 85.3 Å². The van der Waals surface area contributed by atoms with Crippen LogP contribution in [0.3, 0.4) is 0 Å². The molecule has 0 aliphatic carbocycles. The van der Waals surface area contributed by atoms with Gasteiger partial charge in [-0.3, -0.25) is 4.98 Å². The van der Waals surface area contributed by atoms with Crippen LogP contribution in [-0.4, -0.2) is 18.2 Å². The van der Waals surface area contributed by atoms with E-state index < -0.39 is 0 Å². The molecule has 0 radical (unpaired) electrons. The van der Waals surface area contributed by atoms with Gasteiger partial charge in [0, 0.05) is 24.4 Å². The molecule has 1 aromatic rings. The first-order chi connectivity index (χ1) is 6.68. The van der Waals surface area contributed by atoms with Gasteiger partial charge in [-0.2, -0.15) is 0 Å². The van der Waals surface area contributed by atoms with E-state index in [1.54, 1.807) is 0 Å². The number of hydrogen-bond donors (Lipinski definition) is 0. The summed E-state index contributed by atoms with van der Waals surface area (Å²) in [5.74, 6) is 1.17. The lowest BCUT2D eigenvalue weighted by molar-refractivity contribution is 0.186. The molecule has 1 aliphatic heterocycles. The Morgan fingerprint density at radius 2 is 2.14 bits per heavy atom. The largest absolute Gasteiger partial charge is 0.381 e. The van der Waals surface area contributed by atoms with Crippen LogP contribution in [0.2, 0.25) is 0 Å². The molecule has 2 nitrogen and oxygen atoms in total. The molecule has 0 N–H and O–H groups in total. The standard InChI is InChI=1S/C12H17NO/c1-8-4-11(10(3)13-5-8)12-7-14-6-9(12)2/h4-5,9,12H,6-7H2,1-3H3/t9-,12?/m1/s1. The second kappa shape index (κ2) is 3.70. The Hall–Kier alpha value is -0.890. The first-order valence-electron chi connectivity index (χ1n) is 5.19. The maximum absolute atomic E-state index is 5.49. The van der Waals surface area contributed by atoms with Crippen molar-refractivity contribution in [1.82, 2.24) is 4.98 Å². The summed E-state index contributed by atoms with van der Waals surface area (Å²) in [5, 5.41) is 0. The lowest BCUT2D eigenvalue weighted by Crippen LogP contribution is -2.09. The van der Waals surface area contributed by atoms with Gasteiger partial charge >= 0.3 is 0 Å². The number of ether oxygens (including phenoxy) is 1. The molecule has 0 amide bonds. The number of hydrogen-bond acceptors (Lipinski definition) is 2. The van der Waals surface area contributed by atoms with E-state index in [0.717, 1.165) is 18.9 Å². The van der Waals surface area contributed by atoms with E-state index in [1.165, 1.54) is 11.1 Å². The highest BCUT2D eigenvalue weighted by molar-refractivity contribution is 5.28. The van der Waals surface area contributed by atoms with Gasteiger partial charge in [0.05, 0.1) is 6.61 Å². The second-order valence-electron chi connectivity index (χ2n) is 4.31. The predicted molar refractivity (Wildman–Crippen MR) is 56.4 cm³/mol. The van der Waals surface area contributed by atoms with Crippen LogP contribution in [0.4, 0.5) is 0 Å². The monoisotopic (exact) mass is 191 g/mol. The quantitative estimate of drug-likeness (QED) is 0.680. The Bertz CT molecular complexity index is 335. The maximum Gasteiger partial charge on any atom is 0.0538 e. The van der Waals surface area contributed by atoms with Crippen molar-refractivity contribution in [3.63, 3.8) is 0 Å². The topological polar surface area (TPSA) is 22.1 Å². The van der Waals surface area contributed by atoms with Gasteiger partial charge < -0.3 is 4.74 Å². The molecule has 1 aliphatic rings. The predicted octanol–water partition coefficient (Wildman–Crippen LogP) is 2.45. The molecule has 0 bridgehead atoms. The summed E-state index contributed by atoms with van der Waals surface area (Å²) < 4.78 is 5.49. The van der Waals surface area contributed by atoms with Crippen LogP contribution in [0.15, 0.2) is 12.3 Å². The third kappa shape index (κ3) is 1.67. The average Bonchev–Trinajstić information content (AvgIpc) is 2.56. The first-order valence-corrected chi connectivity index (χ1v) is 5.19. The van der Waals surface area contributed by atoms with Crippen LogP contribution in [0, 0.1) is 19.8 Å². The van der Waals surface area contributed by atoms with Crippen LogP contribution in [0.25, 0.3) is 0 Å². The third-order valence-corrected chi connectivity index (χ3v) is 3.03. The zero-order valence-electron chi connectivity index (χ0n) is 9.08. The SMILES string of the molecule is Cc1cnc(C)c(C2COC[C@H]2C)c1. The van der Waals surface area contributed by atoms with Gasteiger partial charge in [0.25, 0.3) is 0 Å². The Balaban J connectivity index is 2.34. The highest BCUT2D eigenvalue weighted by Crippen LogP contribution is 2.31. The van der Waals surface area contributed by atoms with E-state index in [1.807, 2.05) is 6.20 Å². The van der Waals surface area contributed by atoms with Crippen LogP contribution in [0.1, 0.15) is 29.7 Å². The van der Waals surface area contributed by atoms with Crippen molar-refractivity contribution in [1.29, 1.82) is 0 Å². The van der Waals surface area contributed by atoms with Crippen molar-refractivity contribution in [3.05, 3.63) is 29.1 Å². The Morgan fingerprint density at radius 1 is 1.36 bits per heavy atom. The van der Waals surface area contributed by atoms with Crippen LogP contribution in [0.5, 0.6) is 0 Å². The van der Waals surface area contributed by atoms with Crippen molar-refractivity contribution < 1.29 is 4.74 Å². The van der Waals surface area contributed by atoms with E-state index >= 15 is 0 Å². The normalized spacial score (nSPS) is 26.8. The molecule has 2 heteroatoms. The van der Waals surface area contributed by atoms with Crippen molar-refractivity contribution >= 4 is 0 Å². The van der Waals surface area contributed by atoms with E-state index in [-0.39, 0.29) is 0 Å². The lowest BCUT2D eigenvalue weighted by atomic mass is 9.89. The number of rotatable bonds is 1. The maximum atomic E-state index is 5.49. The van der Waals surface area contributed by atoms with E-state index in [2.05, 4.69) is 31.8 Å². The fourth-order valence-electron chi connectivity index (χ4n) is 2.09. The molecular weight excluding hydrogens is 174 g/mol. The van der Waals surface area contributed by atoms with Gasteiger partial charge in [-0.25, -0.2) is 0 Å². The highest BCUT2D eigenvalue weighted by atomic mass is 16.5. The summed E-state index contributed by atoms with van der Waals surface area (Å²) in [6, 6.07) is 2.25. The molecule has 1 fully saturated rings. The number of pyridine rings is 1. The lowest BCUT2D eigenvalue weighted by Gasteiger charge is -2.16. The molecule has 0 spiro atoms. The van der Waals surface area contributed by atoms with Crippen molar-refractivity contribution in [2.75, 3.05) is 13.2 Å². The molecule has 1 saturated heterocycles. The molecule has 0 aromatic carbocycles. The minimum absolute atomic E-state index is 0.544. The van der Waals surface area contributed by atoms with Gasteiger partial charge in [-0.15, -0.1) is 0 Å². The first kappa shape index (κ1) is 9.66. The summed E-state index contributed by atoms with van der Waals surface area (Å²) in [6.07, 6.45) is 1.93.